The molecule has 2 aliphatic heterocycles. The van der Waals surface area contributed by atoms with E-state index in [0.29, 0.717) is 0 Å². The van der Waals surface area contributed by atoms with E-state index in [1.165, 1.54) is 38.5 Å². The summed E-state index contributed by atoms with van der Waals surface area (Å²) in [5.41, 5.74) is 3.92. The van der Waals surface area contributed by atoms with Gasteiger partial charge in [-0.15, -0.1) is 0 Å². The van der Waals surface area contributed by atoms with Crippen molar-refractivity contribution in [3.8, 4) is 0 Å². The third-order valence-corrected chi connectivity index (χ3v) is 10.3. The van der Waals surface area contributed by atoms with Crippen molar-refractivity contribution in [1.82, 2.24) is 0 Å². The summed E-state index contributed by atoms with van der Waals surface area (Å²) >= 11 is 0. The maximum absolute atomic E-state index is 6.63. The fourth-order valence-electron chi connectivity index (χ4n) is 8.31. The predicted molar refractivity (Wildman–Crippen MR) is 124 cm³/mol. The van der Waals surface area contributed by atoms with Crippen LogP contribution in [-0.2, 0) is 18.9 Å². The molecule has 0 unspecified atom stereocenters. The van der Waals surface area contributed by atoms with Crippen LogP contribution in [0.3, 0.4) is 0 Å². The summed E-state index contributed by atoms with van der Waals surface area (Å²) in [6, 6.07) is 0. The molecule has 4 atom stereocenters. The second-order valence-electron chi connectivity index (χ2n) is 13.9. The Kier molecular flexibility index (Phi) is 4.87. The first kappa shape index (κ1) is 22.1. The standard InChI is InChI=1S/C28H44O4/c1-24(2)15-29-27(30-16-24)12-9-20-19(14-27)6-7-22-21(20)8-11-26(5)23(22)10-13-28(26)31-17-25(3,4)18-32-28/h21-23H,6-18H2,1-5H3/t21-,22-,23+,26+/m1/s1. The minimum Gasteiger partial charge on any atom is -0.349 e. The van der Waals surface area contributed by atoms with Crippen LogP contribution >= 0.6 is 0 Å². The molecule has 6 aliphatic rings. The summed E-state index contributed by atoms with van der Waals surface area (Å²) in [5.74, 6) is 1.63. The van der Waals surface area contributed by atoms with E-state index in [-0.39, 0.29) is 27.8 Å². The van der Waals surface area contributed by atoms with Gasteiger partial charge < -0.3 is 18.9 Å². The lowest BCUT2D eigenvalue weighted by molar-refractivity contribution is -0.345. The Balaban J connectivity index is 1.21. The van der Waals surface area contributed by atoms with E-state index >= 15 is 0 Å². The fraction of sp³-hybridized carbons (Fsp3) is 0.929. The largest absolute Gasteiger partial charge is 0.349 e. The summed E-state index contributed by atoms with van der Waals surface area (Å²) in [7, 11) is 0. The van der Waals surface area contributed by atoms with Crippen LogP contribution in [0.2, 0.25) is 0 Å². The number of hydrogen-bond acceptors (Lipinski definition) is 4. The van der Waals surface area contributed by atoms with E-state index in [2.05, 4.69) is 34.6 Å². The molecule has 0 aromatic heterocycles. The van der Waals surface area contributed by atoms with Crippen molar-refractivity contribution in [2.24, 2.45) is 34.0 Å². The van der Waals surface area contributed by atoms with Gasteiger partial charge in [0.05, 0.1) is 26.4 Å². The van der Waals surface area contributed by atoms with Crippen LogP contribution in [0.5, 0.6) is 0 Å². The maximum Gasteiger partial charge on any atom is 0.173 e. The van der Waals surface area contributed by atoms with Crippen molar-refractivity contribution in [1.29, 1.82) is 0 Å². The molecule has 2 spiro atoms. The molecule has 4 aliphatic carbocycles. The maximum atomic E-state index is 6.63. The number of hydrogen-bond donors (Lipinski definition) is 0. The van der Waals surface area contributed by atoms with Gasteiger partial charge in [-0.1, -0.05) is 45.8 Å². The summed E-state index contributed by atoms with van der Waals surface area (Å²) in [6.45, 7) is 14.8. The molecule has 2 saturated heterocycles. The van der Waals surface area contributed by atoms with Crippen LogP contribution in [-0.4, -0.2) is 38.0 Å². The molecule has 32 heavy (non-hydrogen) atoms. The van der Waals surface area contributed by atoms with Gasteiger partial charge in [0, 0.05) is 35.5 Å². The van der Waals surface area contributed by atoms with Crippen LogP contribution in [0.1, 0.15) is 92.4 Å². The highest BCUT2D eigenvalue weighted by molar-refractivity contribution is 5.29. The van der Waals surface area contributed by atoms with Crippen LogP contribution in [0, 0.1) is 34.0 Å². The Hall–Kier alpha value is -0.420. The molecule has 180 valence electrons. The molecule has 2 heterocycles. The van der Waals surface area contributed by atoms with Gasteiger partial charge in [0.15, 0.2) is 11.6 Å². The van der Waals surface area contributed by atoms with Crippen LogP contribution in [0.25, 0.3) is 0 Å². The lowest BCUT2D eigenvalue weighted by Crippen LogP contribution is -2.58. The quantitative estimate of drug-likeness (QED) is 0.414. The van der Waals surface area contributed by atoms with Crippen molar-refractivity contribution in [3.05, 3.63) is 11.1 Å². The Morgan fingerprint density at radius 1 is 0.688 bits per heavy atom. The van der Waals surface area contributed by atoms with E-state index in [1.807, 2.05) is 0 Å². The van der Waals surface area contributed by atoms with Gasteiger partial charge >= 0.3 is 0 Å². The lowest BCUT2D eigenvalue weighted by Gasteiger charge is -2.57. The van der Waals surface area contributed by atoms with Gasteiger partial charge in [-0.3, -0.25) is 0 Å². The molecule has 0 aromatic rings. The molecule has 0 bridgehead atoms. The zero-order chi connectivity index (χ0) is 22.4. The average molecular weight is 445 g/mol. The predicted octanol–water partition coefficient (Wildman–Crippen LogP) is 6.24. The monoisotopic (exact) mass is 444 g/mol. The molecule has 4 fully saturated rings. The molecule has 2 saturated carbocycles. The topological polar surface area (TPSA) is 36.9 Å². The summed E-state index contributed by atoms with van der Waals surface area (Å²) in [5, 5.41) is 0. The van der Waals surface area contributed by atoms with Crippen LogP contribution in [0.15, 0.2) is 11.1 Å². The first-order chi connectivity index (χ1) is 15.1. The van der Waals surface area contributed by atoms with E-state index in [1.54, 1.807) is 11.1 Å². The Labute approximate surface area is 194 Å². The molecule has 0 N–H and O–H groups in total. The van der Waals surface area contributed by atoms with Crippen LogP contribution < -0.4 is 0 Å². The SMILES string of the molecule is CC1(C)COC2(CCC3=C(CC[C@@H]4[C@@H]3CC[C@@]3(C)[C@H]4CCC34OCC(C)(C)CO4)C2)OC1. The number of ether oxygens (including phenoxy) is 4. The Morgan fingerprint density at radius 2 is 1.34 bits per heavy atom. The number of rotatable bonds is 0. The second kappa shape index (κ2) is 7.06. The highest BCUT2D eigenvalue weighted by Crippen LogP contribution is 2.66. The minimum absolute atomic E-state index is 0.137. The molecule has 0 radical (unpaired) electrons. The molecular formula is C28H44O4. The van der Waals surface area contributed by atoms with Gasteiger partial charge in [0.2, 0.25) is 0 Å². The lowest BCUT2D eigenvalue weighted by atomic mass is 9.53. The average Bonchev–Trinajstić information content (AvgIpc) is 3.05. The van der Waals surface area contributed by atoms with Crippen LogP contribution in [0.4, 0.5) is 0 Å². The third kappa shape index (κ3) is 3.22. The van der Waals surface area contributed by atoms with E-state index in [4.69, 9.17) is 18.9 Å². The highest BCUT2D eigenvalue weighted by Gasteiger charge is 2.65. The van der Waals surface area contributed by atoms with Gasteiger partial charge in [0.25, 0.3) is 0 Å². The molecule has 0 amide bonds. The van der Waals surface area contributed by atoms with Crippen molar-refractivity contribution < 1.29 is 18.9 Å². The first-order valence-corrected chi connectivity index (χ1v) is 13.3. The minimum atomic E-state index is -0.335. The first-order valence-electron chi connectivity index (χ1n) is 13.3. The molecular weight excluding hydrogens is 400 g/mol. The van der Waals surface area contributed by atoms with Crippen molar-refractivity contribution >= 4 is 0 Å². The summed E-state index contributed by atoms with van der Waals surface area (Å²) < 4.78 is 26.0. The normalized spacial score (nSPS) is 43.6. The van der Waals surface area contributed by atoms with Gasteiger partial charge in [-0.05, 0) is 56.3 Å². The molecule has 4 nitrogen and oxygen atoms in total. The second-order valence-corrected chi connectivity index (χ2v) is 13.9. The van der Waals surface area contributed by atoms with E-state index in [0.717, 1.165) is 63.4 Å². The van der Waals surface area contributed by atoms with Gasteiger partial charge in [-0.2, -0.15) is 0 Å². The highest BCUT2D eigenvalue weighted by atomic mass is 16.7. The van der Waals surface area contributed by atoms with Crippen molar-refractivity contribution in [3.63, 3.8) is 0 Å². The zero-order valence-corrected chi connectivity index (χ0v) is 21.1. The number of allylic oxidation sites excluding steroid dienone is 1. The Morgan fingerprint density at radius 3 is 2.03 bits per heavy atom. The number of fused-ring (bicyclic) bond motifs is 5. The fourth-order valence-corrected chi connectivity index (χ4v) is 8.31. The summed E-state index contributed by atoms with van der Waals surface area (Å²) in [6.07, 6.45) is 10.7. The van der Waals surface area contributed by atoms with E-state index < -0.39 is 0 Å². The summed E-state index contributed by atoms with van der Waals surface area (Å²) in [4.78, 5) is 0. The smallest absolute Gasteiger partial charge is 0.173 e. The molecule has 4 heteroatoms. The Bertz CT molecular complexity index is 790. The zero-order valence-electron chi connectivity index (χ0n) is 21.1. The van der Waals surface area contributed by atoms with Gasteiger partial charge in [0.1, 0.15) is 0 Å². The van der Waals surface area contributed by atoms with E-state index in [9.17, 15) is 0 Å². The van der Waals surface area contributed by atoms with Gasteiger partial charge in [-0.25, -0.2) is 0 Å². The van der Waals surface area contributed by atoms with Crippen molar-refractivity contribution in [2.45, 2.75) is 104 Å². The molecule has 6 rings (SSSR count). The molecule has 0 aromatic carbocycles. The third-order valence-electron chi connectivity index (χ3n) is 10.3. The van der Waals surface area contributed by atoms with Crippen molar-refractivity contribution in [2.75, 3.05) is 26.4 Å².